The first kappa shape index (κ1) is 14.5. The average Bonchev–Trinajstić information content (AvgIpc) is 2.92. The average molecular weight is 287 g/mol. The van der Waals surface area contributed by atoms with Gasteiger partial charge in [-0.3, -0.25) is 14.8 Å². The zero-order valence-corrected chi connectivity index (χ0v) is 11.3. The van der Waals surface area contributed by atoms with Crippen molar-refractivity contribution in [1.82, 2.24) is 9.78 Å². The fourth-order valence-electron chi connectivity index (χ4n) is 1.76. The van der Waals surface area contributed by atoms with E-state index in [1.54, 1.807) is 30.3 Å². The lowest BCUT2D eigenvalue weighted by Gasteiger charge is -2.04. The van der Waals surface area contributed by atoms with E-state index in [0.717, 1.165) is 5.69 Å². The summed E-state index contributed by atoms with van der Waals surface area (Å²) >= 11 is 0. The highest BCUT2D eigenvalue weighted by molar-refractivity contribution is 5.64. The Morgan fingerprint density at radius 2 is 2.33 bits per heavy atom. The van der Waals surface area contributed by atoms with Crippen LogP contribution in [0.1, 0.15) is 5.56 Å². The van der Waals surface area contributed by atoms with E-state index >= 15 is 0 Å². The molecule has 0 spiro atoms. The molecule has 0 unspecified atom stereocenters. The predicted octanol–water partition coefficient (Wildman–Crippen LogP) is 2.05. The molecule has 108 valence electrons. The largest absolute Gasteiger partial charge is 0.383 e. The molecule has 1 aromatic heterocycles. The minimum atomic E-state index is -0.578. The normalized spacial score (nSPS) is 10.1. The van der Waals surface area contributed by atoms with Gasteiger partial charge in [-0.1, -0.05) is 0 Å². The van der Waals surface area contributed by atoms with Crippen LogP contribution in [0.25, 0.3) is 0 Å². The summed E-state index contributed by atoms with van der Waals surface area (Å²) < 4.78 is 6.67. The highest BCUT2D eigenvalue weighted by atomic mass is 16.6. The third-order valence-electron chi connectivity index (χ3n) is 2.76. The van der Waals surface area contributed by atoms with Crippen LogP contribution in [-0.2, 0) is 11.3 Å². The molecule has 0 aliphatic rings. The second-order valence-corrected chi connectivity index (χ2v) is 4.21. The van der Waals surface area contributed by atoms with Gasteiger partial charge in [0.05, 0.1) is 30.0 Å². The Labute approximate surface area is 120 Å². The summed E-state index contributed by atoms with van der Waals surface area (Å²) in [4.78, 5) is 10.2. The number of nitro groups is 1. The molecule has 1 N–H and O–H groups in total. The van der Waals surface area contributed by atoms with Crippen molar-refractivity contribution in [3.05, 3.63) is 46.3 Å². The molecule has 0 fully saturated rings. The van der Waals surface area contributed by atoms with E-state index in [2.05, 4.69) is 10.4 Å². The number of hydrogen-bond acceptors (Lipinski definition) is 6. The van der Waals surface area contributed by atoms with Crippen molar-refractivity contribution in [3.8, 4) is 6.07 Å². The maximum Gasteiger partial charge on any atom is 0.287 e. The Morgan fingerprint density at radius 1 is 1.52 bits per heavy atom. The zero-order valence-electron chi connectivity index (χ0n) is 11.3. The first-order valence-electron chi connectivity index (χ1n) is 6.11. The molecule has 0 saturated heterocycles. The van der Waals surface area contributed by atoms with E-state index in [0.29, 0.717) is 18.8 Å². The predicted molar refractivity (Wildman–Crippen MR) is 75.2 cm³/mol. The molecule has 0 atom stereocenters. The van der Waals surface area contributed by atoms with Crippen LogP contribution < -0.4 is 5.32 Å². The van der Waals surface area contributed by atoms with Gasteiger partial charge in [0.2, 0.25) is 0 Å². The van der Waals surface area contributed by atoms with Gasteiger partial charge in [-0.2, -0.15) is 10.4 Å². The van der Waals surface area contributed by atoms with Crippen LogP contribution in [0.2, 0.25) is 0 Å². The van der Waals surface area contributed by atoms with Gasteiger partial charge in [-0.05, 0) is 12.1 Å². The summed E-state index contributed by atoms with van der Waals surface area (Å²) in [6.45, 7) is 1.18. The molecular formula is C13H13N5O3. The Balaban J connectivity index is 2.14. The molecule has 0 radical (unpaired) electrons. The number of rotatable bonds is 6. The van der Waals surface area contributed by atoms with Crippen LogP contribution in [0, 0.1) is 21.4 Å². The van der Waals surface area contributed by atoms with E-state index in [4.69, 9.17) is 10.00 Å². The molecule has 0 aliphatic carbocycles. The van der Waals surface area contributed by atoms with Crippen molar-refractivity contribution in [1.29, 1.82) is 5.26 Å². The number of ether oxygens (including phenoxy) is 1. The first-order valence-corrected chi connectivity index (χ1v) is 6.11. The fraction of sp³-hybridized carbons (Fsp3) is 0.231. The molecule has 2 aromatic rings. The Bertz CT molecular complexity index is 689. The highest BCUT2D eigenvalue weighted by Crippen LogP contribution is 2.24. The summed E-state index contributed by atoms with van der Waals surface area (Å²) in [5, 5.41) is 26.9. The molecule has 8 heteroatoms. The van der Waals surface area contributed by atoms with E-state index < -0.39 is 4.92 Å². The third-order valence-corrected chi connectivity index (χ3v) is 2.76. The summed E-state index contributed by atoms with van der Waals surface area (Å²) in [5.41, 5.74) is 1.11. The monoisotopic (exact) mass is 287 g/mol. The lowest BCUT2D eigenvalue weighted by Crippen LogP contribution is -2.03. The summed E-state index contributed by atoms with van der Waals surface area (Å²) in [6, 6.07) is 6.10. The van der Waals surface area contributed by atoms with Gasteiger partial charge in [0.15, 0.2) is 0 Å². The number of hydrogen-bond donors (Lipinski definition) is 1. The third kappa shape index (κ3) is 3.55. The van der Waals surface area contributed by atoms with Crippen LogP contribution in [0.5, 0.6) is 0 Å². The highest BCUT2D eigenvalue weighted by Gasteiger charge is 2.13. The van der Waals surface area contributed by atoms with Gasteiger partial charge in [-0.15, -0.1) is 0 Å². The second kappa shape index (κ2) is 6.49. The number of nitrogens with zero attached hydrogens (tertiary/aromatic N) is 4. The molecule has 1 aromatic carbocycles. The zero-order chi connectivity index (χ0) is 15.2. The summed E-state index contributed by atoms with van der Waals surface area (Å²) in [7, 11) is 1.61. The van der Waals surface area contributed by atoms with E-state index in [1.807, 2.05) is 6.07 Å². The SMILES string of the molecule is COCCn1cc(Nc2ccc([N+](=O)[O-])c(C#N)c2)cn1. The maximum absolute atomic E-state index is 10.8. The van der Waals surface area contributed by atoms with Gasteiger partial charge in [0.25, 0.3) is 5.69 Å². The standard InChI is InChI=1S/C13H13N5O3/c1-21-5-4-17-9-12(8-15-17)16-11-2-3-13(18(19)20)10(6-11)7-14/h2-3,6,8-9,16H,4-5H2,1H3. The molecule has 0 amide bonds. The fourth-order valence-corrected chi connectivity index (χ4v) is 1.76. The van der Waals surface area contributed by atoms with Crippen LogP contribution in [0.3, 0.4) is 0 Å². The lowest BCUT2D eigenvalue weighted by molar-refractivity contribution is -0.385. The van der Waals surface area contributed by atoms with Gasteiger partial charge in [0.1, 0.15) is 11.6 Å². The van der Waals surface area contributed by atoms with Crippen LogP contribution in [0.15, 0.2) is 30.6 Å². The molecule has 0 bridgehead atoms. The van der Waals surface area contributed by atoms with Crippen molar-refractivity contribution in [2.75, 3.05) is 19.0 Å². The maximum atomic E-state index is 10.8. The summed E-state index contributed by atoms with van der Waals surface area (Å²) in [5.74, 6) is 0. The molecule has 0 saturated carbocycles. The molecule has 21 heavy (non-hydrogen) atoms. The minimum absolute atomic E-state index is 0.0109. The van der Waals surface area contributed by atoms with Crippen LogP contribution in [0.4, 0.5) is 17.1 Å². The second-order valence-electron chi connectivity index (χ2n) is 4.21. The topological polar surface area (TPSA) is 106 Å². The van der Waals surface area contributed by atoms with E-state index in [9.17, 15) is 10.1 Å². The van der Waals surface area contributed by atoms with Gasteiger partial charge in [0, 0.05) is 25.1 Å². The van der Waals surface area contributed by atoms with Crippen molar-refractivity contribution in [2.45, 2.75) is 6.54 Å². The van der Waals surface area contributed by atoms with Crippen molar-refractivity contribution >= 4 is 17.1 Å². The van der Waals surface area contributed by atoms with E-state index in [1.165, 1.54) is 12.1 Å². The molecule has 8 nitrogen and oxygen atoms in total. The Hall–Kier alpha value is -2.92. The Morgan fingerprint density at radius 3 is 3.00 bits per heavy atom. The number of methoxy groups -OCH3 is 1. The van der Waals surface area contributed by atoms with E-state index in [-0.39, 0.29) is 11.3 Å². The quantitative estimate of drug-likeness (QED) is 0.643. The molecular weight excluding hydrogens is 274 g/mol. The van der Waals surface area contributed by atoms with Crippen LogP contribution in [-0.4, -0.2) is 28.4 Å². The van der Waals surface area contributed by atoms with Gasteiger partial charge >= 0.3 is 0 Å². The smallest absolute Gasteiger partial charge is 0.287 e. The minimum Gasteiger partial charge on any atom is -0.383 e. The molecule has 0 aliphatic heterocycles. The number of nitrogens with one attached hydrogen (secondary N) is 1. The molecule has 2 rings (SSSR count). The van der Waals surface area contributed by atoms with Crippen molar-refractivity contribution in [3.63, 3.8) is 0 Å². The first-order chi connectivity index (χ1) is 10.1. The Kier molecular flexibility index (Phi) is 4.48. The van der Waals surface area contributed by atoms with Gasteiger partial charge < -0.3 is 10.1 Å². The van der Waals surface area contributed by atoms with Crippen molar-refractivity contribution in [2.24, 2.45) is 0 Å². The van der Waals surface area contributed by atoms with Gasteiger partial charge in [-0.25, -0.2) is 0 Å². The lowest BCUT2D eigenvalue weighted by atomic mass is 10.1. The van der Waals surface area contributed by atoms with Crippen molar-refractivity contribution < 1.29 is 9.66 Å². The summed E-state index contributed by atoms with van der Waals surface area (Å²) in [6.07, 6.45) is 3.41. The molecule has 1 heterocycles. The number of aromatic nitrogens is 2. The number of nitro benzene ring substituents is 1. The number of nitriles is 1. The number of anilines is 2. The van der Waals surface area contributed by atoms with Crippen LogP contribution >= 0.6 is 0 Å². The number of benzene rings is 1.